The number of sulfone groups is 1. The smallest absolute Gasteiger partial charge is 0.266 e. The van der Waals surface area contributed by atoms with Crippen LogP contribution in [0.2, 0.25) is 0 Å². The van der Waals surface area contributed by atoms with Gasteiger partial charge in [0.05, 0.1) is 34.9 Å². The first-order chi connectivity index (χ1) is 11.4. The lowest BCUT2D eigenvalue weighted by atomic mass is 10.1. The summed E-state index contributed by atoms with van der Waals surface area (Å²) in [5.41, 5.74) is 0.743. The molecule has 9 heteroatoms. The fraction of sp³-hybridized carbons (Fsp3) is 0.533. The number of carbonyl (C=O) groups excluding carboxylic acids is 1. The SMILES string of the molecule is CCCc1ncc(C(=O)N2CCS(=O)(=O)C[C@@H]2c2cnn(C)c2)s1. The van der Waals surface area contributed by atoms with Crippen LogP contribution in [0, 0.1) is 0 Å². The fourth-order valence-electron chi connectivity index (χ4n) is 2.82. The summed E-state index contributed by atoms with van der Waals surface area (Å²) in [4.78, 5) is 19.4. The van der Waals surface area contributed by atoms with Crippen molar-refractivity contribution in [1.29, 1.82) is 0 Å². The molecule has 0 aliphatic carbocycles. The van der Waals surface area contributed by atoms with E-state index >= 15 is 0 Å². The van der Waals surface area contributed by atoms with Crippen LogP contribution in [0.4, 0.5) is 0 Å². The first kappa shape index (κ1) is 17.1. The Bertz CT molecular complexity index is 841. The first-order valence-electron chi connectivity index (χ1n) is 7.84. The number of thiazole rings is 1. The van der Waals surface area contributed by atoms with Crippen molar-refractivity contribution >= 4 is 27.1 Å². The summed E-state index contributed by atoms with van der Waals surface area (Å²) >= 11 is 1.39. The Morgan fingerprint density at radius 1 is 1.42 bits per heavy atom. The fourth-order valence-corrected chi connectivity index (χ4v) is 5.29. The molecule has 1 atom stereocenters. The van der Waals surface area contributed by atoms with Gasteiger partial charge in [-0.15, -0.1) is 11.3 Å². The van der Waals surface area contributed by atoms with E-state index in [0.717, 1.165) is 23.4 Å². The van der Waals surface area contributed by atoms with E-state index in [2.05, 4.69) is 17.0 Å². The highest BCUT2D eigenvalue weighted by Gasteiger charge is 2.36. The molecule has 7 nitrogen and oxygen atoms in total. The zero-order valence-corrected chi connectivity index (χ0v) is 15.3. The molecule has 1 aliphatic rings. The molecular formula is C15H20N4O3S2. The van der Waals surface area contributed by atoms with Gasteiger partial charge < -0.3 is 4.90 Å². The summed E-state index contributed by atoms with van der Waals surface area (Å²) in [6.45, 7) is 2.26. The lowest BCUT2D eigenvalue weighted by Gasteiger charge is -2.34. The molecule has 0 spiro atoms. The van der Waals surface area contributed by atoms with Crippen LogP contribution in [0.25, 0.3) is 0 Å². The summed E-state index contributed by atoms with van der Waals surface area (Å²) in [6, 6.07) is -0.498. The molecule has 0 radical (unpaired) electrons. The molecular weight excluding hydrogens is 348 g/mol. The lowest BCUT2D eigenvalue weighted by molar-refractivity contribution is 0.0702. The normalized spacial score (nSPS) is 20.2. The maximum Gasteiger partial charge on any atom is 0.266 e. The standard InChI is InChI=1S/C15H20N4O3S2/c1-3-4-14-16-8-13(23-14)15(20)19-5-6-24(21,22)10-12(19)11-7-17-18(2)9-11/h7-9,12H,3-6,10H2,1-2H3/t12-/m1/s1. The maximum absolute atomic E-state index is 12.9. The van der Waals surface area contributed by atoms with Gasteiger partial charge in [0.2, 0.25) is 0 Å². The molecule has 0 N–H and O–H groups in total. The van der Waals surface area contributed by atoms with E-state index in [9.17, 15) is 13.2 Å². The molecule has 1 aliphatic heterocycles. The second-order valence-electron chi connectivity index (χ2n) is 5.94. The molecule has 0 saturated carbocycles. The van der Waals surface area contributed by atoms with Crippen LogP contribution >= 0.6 is 11.3 Å². The second kappa shape index (κ2) is 6.64. The van der Waals surface area contributed by atoms with Crippen molar-refractivity contribution < 1.29 is 13.2 Å². The van der Waals surface area contributed by atoms with E-state index < -0.39 is 15.9 Å². The van der Waals surface area contributed by atoms with Gasteiger partial charge in [-0.25, -0.2) is 13.4 Å². The number of carbonyl (C=O) groups is 1. The molecule has 2 aromatic heterocycles. The number of hydrogen-bond donors (Lipinski definition) is 0. The van der Waals surface area contributed by atoms with Gasteiger partial charge in [-0.05, 0) is 12.8 Å². The first-order valence-corrected chi connectivity index (χ1v) is 10.5. The van der Waals surface area contributed by atoms with Crippen molar-refractivity contribution in [2.24, 2.45) is 7.05 Å². The third kappa shape index (κ3) is 3.51. The van der Waals surface area contributed by atoms with Gasteiger partial charge >= 0.3 is 0 Å². The molecule has 3 rings (SSSR count). The molecule has 2 aromatic rings. The second-order valence-corrected chi connectivity index (χ2v) is 9.29. The minimum atomic E-state index is -3.17. The zero-order valence-electron chi connectivity index (χ0n) is 13.7. The van der Waals surface area contributed by atoms with Crippen molar-refractivity contribution in [3.63, 3.8) is 0 Å². The Kier molecular flexibility index (Phi) is 4.73. The van der Waals surface area contributed by atoms with Gasteiger partial charge in [-0.1, -0.05) is 6.92 Å². The molecule has 130 valence electrons. The molecule has 0 bridgehead atoms. The van der Waals surface area contributed by atoms with Crippen molar-refractivity contribution in [1.82, 2.24) is 19.7 Å². The quantitative estimate of drug-likeness (QED) is 0.815. The molecule has 0 aromatic carbocycles. The molecule has 3 heterocycles. The predicted octanol–water partition coefficient (Wildman–Crippen LogP) is 1.44. The summed E-state index contributed by atoms with van der Waals surface area (Å²) in [5.74, 6) is -0.222. The monoisotopic (exact) mass is 368 g/mol. The highest BCUT2D eigenvalue weighted by atomic mass is 32.2. The highest BCUT2D eigenvalue weighted by molar-refractivity contribution is 7.91. The van der Waals surface area contributed by atoms with Gasteiger partial charge in [0, 0.05) is 25.4 Å². The maximum atomic E-state index is 12.9. The number of nitrogens with zero attached hydrogens (tertiary/aromatic N) is 4. The molecule has 1 saturated heterocycles. The van der Waals surface area contributed by atoms with Gasteiger partial charge in [0.25, 0.3) is 5.91 Å². The third-order valence-electron chi connectivity index (χ3n) is 4.03. The number of rotatable bonds is 4. The lowest BCUT2D eigenvalue weighted by Crippen LogP contribution is -2.45. The Labute approximate surface area is 145 Å². The molecule has 24 heavy (non-hydrogen) atoms. The van der Waals surface area contributed by atoms with E-state index in [1.807, 2.05) is 0 Å². The van der Waals surface area contributed by atoms with Gasteiger partial charge in [0.15, 0.2) is 9.84 Å². The van der Waals surface area contributed by atoms with Crippen molar-refractivity contribution in [3.05, 3.63) is 34.0 Å². The Hall–Kier alpha value is -1.74. The summed E-state index contributed by atoms with van der Waals surface area (Å²) in [5, 5.41) is 5.04. The summed E-state index contributed by atoms with van der Waals surface area (Å²) in [6.07, 6.45) is 6.81. The van der Waals surface area contributed by atoms with Crippen LogP contribution in [0.3, 0.4) is 0 Å². The largest absolute Gasteiger partial charge is 0.329 e. The average molecular weight is 368 g/mol. The Morgan fingerprint density at radius 2 is 2.21 bits per heavy atom. The van der Waals surface area contributed by atoms with Crippen LogP contribution in [0.1, 0.15) is 39.6 Å². The highest BCUT2D eigenvalue weighted by Crippen LogP contribution is 2.29. The van der Waals surface area contributed by atoms with E-state index in [1.165, 1.54) is 11.3 Å². The van der Waals surface area contributed by atoms with Crippen molar-refractivity contribution in [2.45, 2.75) is 25.8 Å². The van der Waals surface area contributed by atoms with Crippen LogP contribution in [0.5, 0.6) is 0 Å². The minimum absolute atomic E-state index is 0.00385. The van der Waals surface area contributed by atoms with Crippen LogP contribution in [-0.2, 0) is 23.3 Å². The number of amides is 1. The number of aryl methyl sites for hydroxylation is 2. The number of hydrogen-bond acceptors (Lipinski definition) is 6. The summed E-state index contributed by atoms with van der Waals surface area (Å²) < 4.78 is 25.7. The van der Waals surface area contributed by atoms with Crippen LogP contribution in [0.15, 0.2) is 18.6 Å². The predicted molar refractivity (Wildman–Crippen MR) is 91.7 cm³/mol. The van der Waals surface area contributed by atoms with Gasteiger partial charge in [-0.3, -0.25) is 9.48 Å². The van der Waals surface area contributed by atoms with Crippen LogP contribution < -0.4 is 0 Å². The van der Waals surface area contributed by atoms with Gasteiger partial charge in [-0.2, -0.15) is 5.10 Å². The van der Waals surface area contributed by atoms with E-state index in [-0.39, 0.29) is 24.0 Å². The van der Waals surface area contributed by atoms with E-state index in [4.69, 9.17) is 0 Å². The average Bonchev–Trinajstić information content (AvgIpc) is 3.15. The van der Waals surface area contributed by atoms with Crippen LogP contribution in [-0.4, -0.2) is 52.0 Å². The van der Waals surface area contributed by atoms with E-state index in [1.54, 1.807) is 35.2 Å². The third-order valence-corrected chi connectivity index (χ3v) is 6.70. The minimum Gasteiger partial charge on any atom is -0.329 e. The van der Waals surface area contributed by atoms with Crippen molar-refractivity contribution in [3.8, 4) is 0 Å². The molecule has 1 amide bonds. The molecule has 1 fully saturated rings. The zero-order chi connectivity index (χ0) is 17.3. The Morgan fingerprint density at radius 3 is 2.88 bits per heavy atom. The summed E-state index contributed by atoms with van der Waals surface area (Å²) in [7, 11) is -1.39. The number of aromatic nitrogens is 3. The topological polar surface area (TPSA) is 85.2 Å². The van der Waals surface area contributed by atoms with Crippen molar-refractivity contribution in [2.75, 3.05) is 18.1 Å². The van der Waals surface area contributed by atoms with Gasteiger partial charge in [0.1, 0.15) is 4.88 Å². The van der Waals surface area contributed by atoms with E-state index in [0.29, 0.717) is 4.88 Å². The molecule has 0 unspecified atom stereocenters. The Balaban J connectivity index is 1.89.